The zero-order valence-corrected chi connectivity index (χ0v) is 10.3. The van der Waals surface area contributed by atoms with Gasteiger partial charge in [-0.25, -0.2) is 4.98 Å². The van der Waals surface area contributed by atoms with Crippen molar-refractivity contribution in [1.82, 2.24) is 10.3 Å². The molecule has 0 amide bonds. The summed E-state index contributed by atoms with van der Waals surface area (Å²) >= 11 is 3.46. The molecule has 0 spiro atoms. The fourth-order valence-corrected chi connectivity index (χ4v) is 2.77. The first-order chi connectivity index (χ1) is 7.36. The number of nitrogens with one attached hydrogen (secondary N) is 1. The first kappa shape index (κ1) is 10.8. The third-order valence-corrected chi connectivity index (χ3v) is 3.98. The van der Waals surface area contributed by atoms with Crippen LogP contribution in [-0.4, -0.2) is 11.5 Å². The smallest absolute Gasteiger partial charge is 0.0794 e. The monoisotopic (exact) mass is 238 g/mol. The molecule has 1 atom stereocenters. The van der Waals surface area contributed by atoms with Crippen LogP contribution in [0.3, 0.4) is 0 Å². The van der Waals surface area contributed by atoms with Crippen molar-refractivity contribution in [3.05, 3.63) is 39.0 Å². The van der Waals surface area contributed by atoms with Crippen LogP contribution in [0.5, 0.6) is 0 Å². The fraction of sp³-hybridized carbons (Fsp3) is 0.364. The maximum atomic E-state index is 4.26. The molecule has 2 rings (SSSR count). The first-order valence-corrected chi connectivity index (χ1v) is 6.82. The Morgan fingerprint density at radius 1 is 1.53 bits per heavy atom. The van der Waals surface area contributed by atoms with E-state index in [2.05, 4.69) is 40.1 Å². The average Bonchev–Trinajstić information content (AvgIpc) is 2.90. The summed E-state index contributed by atoms with van der Waals surface area (Å²) in [4.78, 5) is 5.65. The second-order valence-electron chi connectivity index (χ2n) is 3.42. The summed E-state index contributed by atoms with van der Waals surface area (Å²) in [6, 6.07) is 4.72. The second kappa shape index (κ2) is 5.39. The lowest BCUT2D eigenvalue weighted by Gasteiger charge is -2.10. The van der Waals surface area contributed by atoms with E-state index in [-0.39, 0.29) is 0 Å². The Kier molecular flexibility index (Phi) is 3.88. The van der Waals surface area contributed by atoms with Crippen molar-refractivity contribution in [2.24, 2.45) is 0 Å². The molecule has 1 N–H and O–H groups in total. The van der Waals surface area contributed by atoms with E-state index >= 15 is 0 Å². The Labute approximate surface area is 98.0 Å². The molecular formula is C11H14N2S2. The van der Waals surface area contributed by atoms with E-state index in [9.17, 15) is 0 Å². The highest BCUT2D eigenvalue weighted by Crippen LogP contribution is 2.17. The molecule has 2 aromatic rings. The molecule has 1 unspecified atom stereocenters. The van der Waals surface area contributed by atoms with Gasteiger partial charge in [0, 0.05) is 29.3 Å². The summed E-state index contributed by atoms with van der Waals surface area (Å²) < 4.78 is 0. The average molecular weight is 238 g/mol. The van der Waals surface area contributed by atoms with Crippen LogP contribution in [0, 0.1) is 0 Å². The zero-order valence-electron chi connectivity index (χ0n) is 8.64. The van der Waals surface area contributed by atoms with E-state index in [0.717, 1.165) is 13.0 Å². The summed E-state index contributed by atoms with van der Waals surface area (Å²) in [7, 11) is 0. The van der Waals surface area contributed by atoms with Gasteiger partial charge in [-0.1, -0.05) is 6.07 Å². The van der Waals surface area contributed by atoms with Crippen LogP contribution in [0.15, 0.2) is 28.4 Å². The van der Waals surface area contributed by atoms with E-state index < -0.39 is 0 Å². The van der Waals surface area contributed by atoms with Crippen molar-refractivity contribution < 1.29 is 0 Å². The van der Waals surface area contributed by atoms with Gasteiger partial charge in [0.1, 0.15) is 0 Å². The molecule has 0 radical (unpaired) electrons. The Morgan fingerprint density at radius 2 is 2.47 bits per heavy atom. The molecule has 80 valence electrons. The number of hydrogen-bond donors (Lipinski definition) is 1. The SMILES string of the molecule is CC(NCCc1cscn1)c1cccs1. The van der Waals surface area contributed by atoms with Gasteiger partial charge in [-0.15, -0.1) is 22.7 Å². The number of rotatable bonds is 5. The van der Waals surface area contributed by atoms with Gasteiger partial charge in [0.2, 0.25) is 0 Å². The lowest BCUT2D eigenvalue weighted by Crippen LogP contribution is -2.20. The van der Waals surface area contributed by atoms with E-state index in [0.29, 0.717) is 6.04 Å². The molecule has 0 fully saturated rings. The highest BCUT2D eigenvalue weighted by molar-refractivity contribution is 7.10. The Hall–Kier alpha value is -0.710. The molecule has 4 heteroatoms. The van der Waals surface area contributed by atoms with Gasteiger partial charge in [0.05, 0.1) is 11.2 Å². The van der Waals surface area contributed by atoms with Gasteiger partial charge in [0.25, 0.3) is 0 Å². The van der Waals surface area contributed by atoms with Crippen molar-refractivity contribution in [2.75, 3.05) is 6.54 Å². The maximum Gasteiger partial charge on any atom is 0.0794 e. The normalized spacial score (nSPS) is 12.9. The van der Waals surface area contributed by atoms with Gasteiger partial charge in [-0.2, -0.15) is 0 Å². The third kappa shape index (κ3) is 3.12. The molecule has 2 aromatic heterocycles. The highest BCUT2D eigenvalue weighted by Gasteiger charge is 2.04. The van der Waals surface area contributed by atoms with Gasteiger partial charge >= 0.3 is 0 Å². The summed E-state index contributed by atoms with van der Waals surface area (Å²) in [5, 5.41) is 7.73. The van der Waals surface area contributed by atoms with Gasteiger partial charge in [-0.05, 0) is 18.4 Å². The molecule has 0 aliphatic carbocycles. The molecule has 0 aromatic carbocycles. The number of aromatic nitrogens is 1. The molecule has 0 aliphatic heterocycles. The van der Waals surface area contributed by atoms with Crippen molar-refractivity contribution in [3.63, 3.8) is 0 Å². The van der Waals surface area contributed by atoms with Crippen molar-refractivity contribution in [3.8, 4) is 0 Å². The summed E-state index contributed by atoms with van der Waals surface area (Å²) in [6.07, 6.45) is 1.01. The molecule has 2 nitrogen and oxygen atoms in total. The van der Waals surface area contributed by atoms with E-state index in [1.54, 1.807) is 22.7 Å². The lowest BCUT2D eigenvalue weighted by atomic mass is 10.2. The molecule has 0 saturated heterocycles. The van der Waals surface area contributed by atoms with Crippen LogP contribution in [-0.2, 0) is 6.42 Å². The van der Waals surface area contributed by atoms with Crippen LogP contribution < -0.4 is 5.32 Å². The standard InChI is InChI=1S/C11H14N2S2/c1-9(11-3-2-6-15-11)12-5-4-10-7-14-8-13-10/h2-3,6-9,12H,4-5H2,1H3. The molecule has 15 heavy (non-hydrogen) atoms. The van der Waals surface area contributed by atoms with Crippen molar-refractivity contribution in [1.29, 1.82) is 0 Å². The Balaban J connectivity index is 1.74. The Morgan fingerprint density at radius 3 is 3.13 bits per heavy atom. The zero-order chi connectivity index (χ0) is 10.5. The first-order valence-electron chi connectivity index (χ1n) is 5.00. The van der Waals surface area contributed by atoms with Gasteiger partial charge < -0.3 is 5.32 Å². The topological polar surface area (TPSA) is 24.9 Å². The van der Waals surface area contributed by atoms with Crippen molar-refractivity contribution in [2.45, 2.75) is 19.4 Å². The minimum atomic E-state index is 0.448. The Bertz CT molecular complexity index is 367. The summed E-state index contributed by atoms with van der Waals surface area (Å²) in [6.45, 7) is 3.19. The van der Waals surface area contributed by atoms with Crippen LogP contribution >= 0.6 is 22.7 Å². The fourth-order valence-electron chi connectivity index (χ4n) is 1.42. The largest absolute Gasteiger partial charge is 0.309 e. The van der Waals surface area contributed by atoms with Crippen molar-refractivity contribution >= 4 is 22.7 Å². The van der Waals surface area contributed by atoms with Crippen LogP contribution in [0.4, 0.5) is 0 Å². The maximum absolute atomic E-state index is 4.26. The van der Waals surface area contributed by atoms with E-state index in [4.69, 9.17) is 0 Å². The second-order valence-corrected chi connectivity index (χ2v) is 5.12. The minimum absolute atomic E-state index is 0.448. The van der Waals surface area contributed by atoms with Crippen LogP contribution in [0.2, 0.25) is 0 Å². The molecule has 0 bridgehead atoms. The minimum Gasteiger partial charge on any atom is -0.309 e. The highest BCUT2D eigenvalue weighted by atomic mass is 32.1. The quantitative estimate of drug-likeness (QED) is 0.866. The van der Waals surface area contributed by atoms with Crippen LogP contribution in [0.25, 0.3) is 0 Å². The van der Waals surface area contributed by atoms with E-state index in [1.807, 2.05) is 5.51 Å². The van der Waals surface area contributed by atoms with Gasteiger partial charge in [-0.3, -0.25) is 0 Å². The van der Waals surface area contributed by atoms with E-state index in [1.165, 1.54) is 10.6 Å². The number of thiazole rings is 1. The predicted octanol–water partition coefficient (Wildman–Crippen LogP) is 3.10. The number of thiophene rings is 1. The van der Waals surface area contributed by atoms with Crippen LogP contribution in [0.1, 0.15) is 23.5 Å². The summed E-state index contributed by atoms with van der Waals surface area (Å²) in [5.74, 6) is 0. The molecule has 2 heterocycles. The number of hydrogen-bond acceptors (Lipinski definition) is 4. The summed E-state index contributed by atoms with van der Waals surface area (Å²) in [5.41, 5.74) is 3.07. The molecule has 0 aliphatic rings. The molecular weight excluding hydrogens is 224 g/mol. The molecule has 0 saturated carbocycles. The van der Waals surface area contributed by atoms with Gasteiger partial charge in [0.15, 0.2) is 0 Å². The number of nitrogens with zero attached hydrogens (tertiary/aromatic N) is 1. The lowest BCUT2D eigenvalue weighted by molar-refractivity contribution is 0.582. The third-order valence-electron chi connectivity index (χ3n) is 2.29. The predicted molar refractivity (Wildman–Crippen MR) is 66.6 cm³/mol.